The average molecular weight is 248 g/mol. The molecule has 0 spiro atoms. The minimum Gasteiger partial charge on any atom is -0.345 e. The van der Waals surface area contributed by atoms with E-state index in [1.165, 1.54) is 18.4 Å². The molecule has 2 fully saturated rings. The molecule has 0 radical (unpaired) electrons. The Labute approximate surface area is 107 Å². The maximum Gasteiger partial charge on any atom is 0.201 e. The van der Waals surface area contributed by atoms with Crippen molar-refractivity contribution in [2.75, 3.05) is 13.2 Å². The van der Waals surface area contributed by atoms with Crippen molar-refractivity contribution < 1.29 is 9.47 Å². The molecule has 1 atom stereocenters. The summed E-state index contributed by atoms with van der Waals surface area (Å²) in [5.74, 6) is 0.754. The third-order valence-corrected chi connectivity index (χ3v) is 3.75. The van der Waals surface area contributed by atoms with Gasteiger partial charge in [0.2, 0.25) is 6.29 Å². The molecule has 2 aliphatic rings. The molecule has 2 N–H and O–H groups in total. The second-order valence-electron chi connectivity index (χ2n) is 5.16. The van der Waals surface area contributed by atoms with Crippen molar-refractivity contribution in [1.82, 2.24) is 4.98 Å². The molecule has 1 saturated heterocycles. The molecule has 1 unspecified atom stereocenters. The standard InChI is InChI=1S/C14H20N2O2/c15-12(10-3-4-10)6-5-11-2-1-7-16-13(11)14-17-8-9-18-14/h1-2,7,10,12,14H,3-6,8-9,15H2. The predicted octanol–water partition coefficient (Wildman–Crippen LogP) is 1.80. The zero-order valence-corrected chi connectivity index (χ0v) is 10.5. The van der Waals surface area contributed by atoms with E-state index < -0.39 is 0 Å². The summed E-state index contributed by atoms with van der Waals surface area (Å²) in [5, 5.41) is 0. The summed E-state index contributed by atoms with van der Waals surface area (Å²) in [6, 6.07) is 4.41. The van der Waals surface area contributed by atoms with Crippen LogP contribution in [0.1, 0.15) is 36.8 Å². The fourth-order valence-corrected chi connectivity index (χ4v) is 2.47. The molecule has 3 rings (SSSR count). The highest BCUT2D eigenvalue weighted by atomic mass is 16.7. The summed E-state index contributed by atoms with van der Waals surface area (Å²) >= 11 is 0. The Morgan fingerprint density at radius 1 is 1.33 bits per heavy atom. The zero-order valence-electron chi connectivity index (χ0n) is 10.5. The zero-order chi connectivity index (χ0) is 12.4. The number of ether oxygens (including phenoxy) is 2. The van der Waals surface area contributed by atoms with Crippen molar-refractivity contribution in [3.63, 3.8) is 0 Å². The molecule has 1 aliphatic heterocycles. The van der Waals surface area contributed by atoms with E-state index in [0.29, 0.717) is 19.3 Å². The number of rotatable bonds is 5. The Hall–Kier alpha value is -0.970. The first-order valence-corrected chi connectivity index (χ1v) is 6.77. The number of pyridine rings is 1. The van der Waals surface area contributed by atoms with Gasteiger partial charge in [0, 0.05) is 12.2 Å². The fraction of sp³-hybridized carbons (Fsp3) is 0.643. The second kappa shape index (κ2) is 5.34. The van der Waals surface area contributed by atoms with Gasteiger partial charge in [0.05, 0.1) is 18.9 Å². The van der Waals surface area contributed by atoms with Gasteiger partial charge in [0.1, 0.15) is 0 Å². The van der Waals surface area contributed by atoms with Gasteiger partial charge >= 0.3 is 0 Å². The molecule has 4 heteroatoms. The summed E-state index contributed by atoms with van der Waals surface area (Å²) in [7, 11) is 0. The molecule has 0 bridgehead atoms. The lowest BCUT2D eigenvalue weighted by atomic mass is 10.0. The molecule has 1 aromatic heterocycles. The van der Waals surface area contributed by atoms with Gasteiger partial charge in [-0.25, -0.2) is 0 Å². The maximum absolute atomic E-state index is 6.15. The minimum atomic E-state index is -0.279. The molecule has 18 heavy (non-hydrogen) atoms. The van der Waals surface area contributed by atoms with Crippen molar-refractivity contribution in [3.8, 4) is 0 Å². The minimum absolute atomic E-state index is 0.279. The highest BCUT2D eigenvalue weighted by Gasteiger charge is 2.29. The van der Waals surface area contributed by atoms with Crippen LogP contribution in [-0.4, -0.2) is 24.2 Å². The van der Waals surface area contributed by atoms with Gasteiger partial charge < -0.3 is 15.2 Å². The molecule has 0 amide bonds. The van der Waals surface area contributed by atoms with E-state index in [0.717, 1.165) is 24.5 Å². The Bertz CT molecular complexity index is 401. The summed E-state index contributed by atoms with van der Waals surface area (Å²) in [4.78, 5) is 4.41. The van der Waals surface area contributed by atoms with E-state index in [2.05, 4.69) is 11.1 Å². The van der Waals surface area contributed by atoms with E-state index in [4.69, 9.17) is 15.2 Å². The highest BCUT2D eigenvalue weighted by Crippen LogP contribution is 2.33. The predicted molar refractivity (Wildman–Crippen MR) is 67.9 cm³/mol. The van der Waals surface area contributed by atoms with E-state index in [-0.39, 0.29) is 6.29 Å². The third-order valence-electron chi connectivity index (χ3n) is 3.75. The third kappa shape index (κ3) is 2.71. The van der Waals surface area contributed by atoms with Gasteiger partial charge in [-0.15, -0.1) is 0 Å². The van der Waals surface area contributed by atoms with Crippen molar-refractivity contribution in [2.24, 2.45) is 11.7 Å². The first kappa shape index (κ1) is 12.1. The molecule has 0 aromatic carbocycles. The molecular formula is C14H20N2O2. The van der Waals surface area contributed by atoms with Gasteiger partial charge in [0.25, 0.3) is 0 Å². The molecule has 1 saturated carbocycles. The van der Waals surface area contributed by atoms with Crippen LogP contribution in [0.25, 0.3) is 0 Å². The SMILES string of the molecule is NC(CCc1cccnc1C1OCCO1)C1CC1. The number of hydrogen-bond acceptors (Lipinski definition) is 4. The van der Waals surface area contributed by atoms with E-state index >= 15 is 0 Å². The largest absolute Gasteiger partial charge is 0.345 e. The van der Waals surface area contributed by atoms with Crippen LogP contribution in [0.4, 0.5) is 0 Å². The molecule has 4 nitrogen and oxygen atoms in total. The first-order valence-electron chi connectivity index (χ1n) is 6.77. The maximum atomic E-state index is 6.15. The van der Waals surface area contributed by atoms with Crippen LogP contribution in [0, 0.1) is 5.92 Å². The Morgan fingerprint density at radius 3 is 2.83 bits per heavy atom. The fourth-order valence-electron chi connectivity index (χ4n) is 2.47. The van der Waals surface area contributed by atoms with Gasteiger partial charge in [0.15, 0.2) is 0 Å². The van der Waals surface area contributed by atoms with Crippen LogP contribution in [0.15, 0.2) is 18.3 Å². The van der Waals surface area contributed by atoms with Gasteiger partial charge in [-0.1, -0.05) is 6.07 Å². The molecule has 2 heterocycles. The van der Waals surface area contributed by atoms with Gasteiger partial charge in [-0.2, -0.15) is 0 Å². The average Bonchev–Trinajstić information content (AvgIpc) is 3.12. The van der Waals surface area contributed by atoms with Gasteiger partial charge in [-0.3, -0.25) is 4.98 Å². The summed E-state index contributed by atoms with van der Waals surface area (Å²) in [5.41, 5.74) is 8.28. The molecule has 1 aliphatic carbocycles. The summed E-state index contributed by atoms with van der Waals surface area (Å²) in [6.07, 6.45) is 6.11. The van der Waals surface area contributed by atoms with E-state index in [1.807, 2.05) is 6.07 Å². The Balaban J connectivity index is 1.66. The van der Waals surface area contributed by atoms with Crippen molar-refractivity contribution in [1.29, 1.82) is 0 Å². The van der Waals surface area contributed by atoms with Crippen molar-refractivity contribution in [2.45, 2.75) is 38.0 Å². The number of aromatic nitrogens is 1. The lowest BCUT2D eigenvalue weighted by Gasteiger charge is -2.15. The van der Waals surface area contributed by atoms with Crippen LogP contribution in [-0.2, 0) is 15.9 Å². The quantitative estimate of drug-likeness (QED) is 0.863. The molecular weight excluding hydrogens is 228 g/mol. The number of nitrogens with two attached hydrogens (primary N) is 1. The molecule has 1 aromatic rings. The smallest absolute Gasteiger partial charge is 0.201 e. The first-order chi connectivity index (χ1) is 8.84. The Kier molecular flexibility index (Phi) is 3.59. The summed E-state index contributed by atoms with van der Waals surface area (Å²) < 4.78 is 11.1. The molecule has 98 valence electrons. The summed E-state index contributed by atoms with van der Waals surface area (Å²) in [6.45, 7) is 1.31. The van der Waals surface area contributed by atoms with Crippen molar-refractivity contribution in [3.05, 3.63) is 29.6 Å². The van der Waals surface area contributed by atoms with Crippen LogP contribution in [0.3, 0.4) is 0 Å². The Morgan fingerprint density at radius 2 is 2.11 bits per heavy atom. The van der Waals surface area contributed by atoms with Gasteiger partial charge in [-0.05, 0) is 43.2 Å². The highest BCUT2D eigenvalue weighted by molar-refractivity contribution is 5.21. The van der Waals surface area contributed by atoms with Crippen LogP contribution < -0.4 is 5.73 Å². The number of hydrogen-bond donors (Lipinski definition) is 1. The van der Waals surface area contributed by atoms with Crippen molar-refractivity contribution >= 4 is 0 Å². The van der Waals surface area contributed by atoms with Crippen LogP contribution >= 0.6 is 0 Å². The monoisotopic (exact) mass is 248 g/mol. The second-order valence-corrected chi connectivity index (χ2v) is 5.16. The normalized spacial score (nSPS) is 22.3. The van der Waals surface area contributed by atoms with E-state index in [1.54, 1.807) is 6.20 Å². The number of aryl methyl sites for hydroxylation is 1. The number of nitrogens with zero attached hydrogens (tertiary/aromatic N) is 1. The van der Waals surface area contributed by atoms with Crippen LogP contribution in [0.2, 0.25) is 0 Å². The topological polar surface area (TPSA) is 57.4 Å². The van der Waals surface area contributed by atoms with Crippen LogP contribution in [0.5, 0.6) is 0 Å². The lowest BCUT2D eigenvalue weighted by molar-refractivity contribution is -0.0479. The lowest BCUT2D eigenvalue weighted by Crippen LogP contribution is -2.23. The van der Waals surface area contributed by atoms with E-state index in [9.17, 15) is 0 Å².